The number of benzene rings is 1. The van der Waals surface area contributed by atoms with Crippen molar-refractivity contribution in [2.45, 2.75) is 58.3 Å². The number of carboxylic acids is 1. The largest absolute Gasteiger partial charge is 0.481 e. The van der Waals surface area contributed by atoms with E-state index < -0.39 is 5.97 Å². The van der Waals surface area contributed by atoms with Crippen molar-refractivity contribution in [1.29, 1.82) is 0 Å². The molecule has 0 fully saturated rings. The minimum atomic E-state index is -0.707. The third-order valence-corrected chi connectivity index (χ3v) is 4.51. The molecule has 156 valence electrons. The Morgan fingerprint density at radius 3 is 1.76 bits per heavy atom. The number of carboxylic acid groups (broad SMARTS) is 1. The second kappa shape index (κ2) is 17.5. The number of hydrogen-bond donors (Lipinski definition) is 1. The van der Waals surface area contributed by atoms with Crippen molar-refractivity contribution in [3.05, 3.63) is 96.7 Å². The Balaban J connectivity index is 2.13. The maximum atomic E-state index is 11.4. The lowest BCUT2D eigenvalue weighted by molar-refractivity contribution is -0.141. The summed E-state index contributed by atoms with van der Waals surface area (Å²) in [4.78, 5) is 11.4. The molecule has 0 bridgehead atoms. The summed E-state index contributed by atoms with van der Waals surface area (Å²) >= 11 is 0. The minimum Gasteiger partial charge on any atom is -0.481 e. The minimum absolute atomic E-state index is 0.320. The van der Waals surface area contributed by atoms with Gasteiger partial charge in [0.05, 0.1) is 5.92 Å². The molecule has 0 heterocycles. The Bertz CT molecular complexity index is 678. The van der Waals surface area contributed by atoms with Crippen molar-refractivity contribution in [3.63, 3.8) is 0 Å². The second-order valence-corrected chi connectivity index (χ2v) is 7.01. The summed E-state index contributed by atoms with van der Waals surface area (Å²) in [5.74, 6) is -1.03. The van der Waals surface area contributed by atoms with Crippen LogP contribution < -0.4 is 0 Å². The zero-order chi connectivity index (χ0) is 21.0. The Kier molecular flexibility index (Phi) is 14.7. The van der Waals surface area contributed by atoms with E-state index in [2.05, 4.69) is 67.7 Å². The van der Waals surface area contributed by atoms with Gasteiger partial charge in [-0.1, -0.05) is 98.0 Å². The van der Waals surface area contributed by atoms with Crippen molar-refractivity contribution in [2.75, 3.05) is 0 Å². The average molecular weight is 393 g/mol. The molecule has 0 amide bonds. The van der Waals surface area contributed by atoms with E-state index in [9.17, 15) is 9.90 Å². The van der Waals surface area contributed by atoms with Crippen LogP contribution in [0.3, 0.4) is 0 Å². The molecule has 1 unspecified atom stereocenters. The van der Waals surface area contributed by atoms with Crippen molar-refractivity contribution in [2.24, 2.45) is 5.92 Å². The highest BCUT2D eigenvalue weighted by Gasteiger charge is 2.16. The molecule has 0 aliphatic carbocycles. The van der Waals surface area contributed by atoms with E-state index >= 15 is 0 Å². The molecule has 1 aromatic carbocycles. The van der Waals surface area contributed by atoms with Crippen LogP contribution in [0.15, 0.2) is 91.1 Å². The first-order valence-electron chi connectivity index (χ1n) is 10.8. The molecule has 0 saturated carbocycles. The van der Waals surface area contributed by atoms with Crippen LogP contribution >= 0.6 is 0 Å². The fourth-order valence-corrected chi connectivity index (χ4v) is 2.88. The first kappa shape index (κ1) is 24.4. The Hall–Kier alpha value is -2.61. The van der Waals surface area contributed by atoms with Crippen molar-refractivity contribution in [3.8, 4) is 0 Å². The molecule has 0 aliphatic rings. The summed E-state index contributed by atoms with van der Waals surface area (Å²) in [5.41, 5.74) is 1.09. The summed E-state index contributed by atoms with van der Waals surface area (Å²) in [6.07, 6.45) is 28.7. The molecule has 0 spiro atoms. The summed E-state index contributed by atoms with van der Waals surface area (Å²) in [7, 11) is 0. The van der Waals surface area contributed by atoms with Gasteiger partial charge < -0.3 is 5.11 Å². The lowest BCUT2D eigenvalue weighted by Crippen LogP contribution is -2.16. The first-order chi connectivity index (χ1) is 14.2. The third-order valence-electron chi connectivity index (χ3n) is 4.51. The van der Waals surface area contributed by atoms with Crippen LogP contribution in [0, 0.1) is 5.92 Å². The van der Waals surface area contributed by atoms with Gasteiger partial charge in [-0.2, -0.15) is 0 Å². The van der Waals surface area contributed by atoms with Crippen molar-refractivity contribution < 1.29 is 9.90 Å². The van der Waals surface area contributed by atoms with Gasteiger partial charge >= 0.3 is 5.97 Å². The smallest absolute Gasteiger partial charge is 0.306 e. The molecule has 2 heteroatoms. The van der Waals surface area contributed by atoms with Gasteiger partial charge in [-0.3, -0.25) is 4.79 Å². The maximum absolute atomic E-state index is 11.4. The van der Waals surface area contributed by atoms with Gasteiger partial charge in [0.2, 0.25) is 0 Å². The number of rotatable bonds is 15. The number of hydrogen-bond acceptors (Lipinski definition) is 1. The van der Waals surface area contributed by atoms with Gasteiger partial charge in [-0.25, -0.2) is 0 Å². The maximum Gasteiger partial charge on any atom is 0.306 e. The molecule has 1 N–H and O–H groups in total. The van der Waals surface area contributed by atoms with Crippen LogP contribution in [-0.2, 0) is 11.2 Å². The van der Waals surface area contributed by atoms with Crippen LogP contribution in [0.25, 0.3) is 0 Å². The standard InChI is InChI=1S/C27H36O2/c1-2-3-4-5-6-7-8-9-10-11-12-13-14-15-16-20-23-26(27(28)29)24-25-21-18-17-19-22-25/h3-4,6-7,9-10,12-13,15-19,21-22,26H,2,5,8,11,14,20,23-24H2,1H3,(H,28,29). The lowest BCUT2D eigenvalue weighted by Gasteiger charge is -2.10. The van der Waals surface area contributed by atoms with Crippen LogP contribution in [0.2, 0.25) is 0 Å². The van der Waals surface area contributed by atoms with Crippen LogP contribution in [-0.4, -0.2) is 11.1 Å². The summed E-state index contributed by atoms with van der Waals surface area (Å²) in [5, 5.41) is 9.41. The van der Waals surface area contributed by atoms with Crippen molar-refractivity contribution in [1.82, 2.24) is 0 Å². The highest BCUT2D eigenvalue weighted by atomic mass is 16.4. The van der Waals surface area contributed by atoms with E-state index in [0.717, 1.165) is 44.1 Å². The molecule has 1 aromatic rings. The first-order valence-corrected chi connectivity index (χ1v) is 10.8. The molecule has 0 radical (unpaired) electrons. The fraction of sp³-hybridized carbons (Fsp3) is 0.370. The van der Waals surface area contributed by atoms with Gasteiger partial charge in [-0.05, 0) is 56.9 Å². The third kappa shape index (κ3) is 14.1. The Morgan fingerprint density at radius 2 is 1.28 bits per heavy atom. The topological polar surface area (TPSA) is 37.3 Å². The highest BCUT2D eigenvalue weighted by Crippen LogP contribution is 2.15. The quantitative estimate of drug-likeness (QED) is 0.314. The van der Waals surface area contributed by atoms with Crippen LogP contribution in [0.4, 0.5) is 0 Å². The molecule has 0 aliphatic heterocycles. The van der Waals surface area contributed by atoms with Gasteiger partial charge in [0, 0.05) is 0 Å². The Morgan fingerprint density at radius 1 is 0.793 bits per heavy atom. The predicted molar refractivity (Wildman–Crippen MR) is 125 cm³/mol. The van der Waals surface area contributed by atoms with E-state index in [4.69, 9.17) is 0 Å². The van der Waals surface area contributed by atoms with E-state index in [0.29, 0.717) is 12.8 Å². The molecule has 0 aromatic heterocycles. The van der Waals surface area contributed by atoms with Gasteiger partial charge in [-0.15, -0.1) is 0 Å². The van der Waals surface area contributed by atoms with Gasteiger partial charge in [0.1, 0.15) is 0 Å². The summed E-state index contributed by atoms with van der Waals surface area (Å²) in [6.45, 7) is 2.15. The van der Waals surface area contributed by atoms with Gasteiger partial charge in [0.25, 0.3) is 0 Å². The van der Waals surface area contributed by atoms with Crippen molar-refractivity contribution >= 4 is 5.97 Å². The van der Waals surface area contributed by atoms with E-state index in [1.807, 2.05) is 30.3 Å². The lowest BCUT2D eigenvalue weighted by atomic mass is 9.95. The zero-order valence-electron chi connectivity index (χ0n) is 17.7. The van der Waals surface area contributed by atoms with E-state index in [1.165, 1.54) is 0 Å². The predicted octanol–water partition coefficient (Wildman–Crippen LogP) is 7.46. The molecular formula is C27H36O2. The molecule has 29 heavy (non-hydrogen) atoms. The van der Waals surface area contributed by atoms with E-state index in [-0.39, 0.29) is 5.92 Å². The average Bonchev–Trinajstić information content (AvgIpc) is 2.73. The SMILES string of the molecule is CCC=CCC=CCC=CCC=CCC=CCCC(Cc1ccccc1)C(=O)O. The highest BCUT2D eigenvalue weighted by molar-refractivity contribution is 5.70. The zero-order valence-corrected chi connectivity index (χ0v) is 17.7. The summed E-state index contributed by atoms with van der Waals surface area (Å²) < 4.78 is 0. The molecule has 1 rings (SSSR count). The molecular weight excluding hydrogens is 356 g/mol. The van der Waals surface area contributed by atoms with Crippen LogP contribution in [0.5, 0.6) is 0 Å². The number of aliphatic carboxylic acids is 1. The van der Waals surface area contributed by atoms with E-state index in [1.54, 1.807) is 0 Å². The fourth-order valence-electron chi connectivity index (χ4n) is 2.88. The van der Waals surface area contributed by atoms with Crippen LogP contribution in [0.1, 0.15) is 57.4 Å². The van der Waals surface area contributed by atoms with Gasteiger partial charge in [0.15, 0.2) is 0 Å². The number of allylic oxidation sites excluding steroid dienone is 10. The summed E-state index contributed by atoms with van der Waals surface area (Å²) in [6, 6.07) is 9.85. The monoisotopic (exact) mass is 392 g/mol. The Labute approximate surface area is 177 Å². The molecule has 1 atom stereocenters. The molecule has 0 saturated heterocycles. The second-order valence-electron chi connectivity index (χ2n) is 7.01. The normalized spacial score (nSPS) is 13.6. The number of carbonyl (C=O) groups is 1. The molecule has 2 nitrogen and oxygen atoms in total.